The van der Waals surface area contributed by atoms with Gasteiger partial charge in [-0.25, -0.2) is 9.78 Å². The number of oxazole rings is 1. The number of aromatic nitrogens is 1. The van der Waals surface area contributed by atoms with E-state index in [9.17, 15) is 4.79 Å². The van der Waals surface area contributed by atoms with Crippen molar-refractivity contribution in [2.45, 2.75) is 0 Å². The van der Waals surface area contributed by atoms with E-state index < -0.39 is 5.97 Å². The van der Waals surface area contributed by atoms with Crippen LogP contribution in [-0.4, -0.2) is 16.1 Å². The van der Waals surface area contributed by atoms with Gasteiger partial charge in [-0.2, -0.15) is 0 Å². The zero-order chi connectivity index (χ0) is 21.9. The second-order valence-corrected chi connectivity index (χ2v) is 7.45. The number of nitrogens with zero attached hydrogens (tertiary/aromatic N) is 1. The van der Waals surface area contributed by atoms with Gasteiger partial charge in [0.15, 0.2) is 5.58 Å². The summed E-state index contributed by atoms with van der Waals surface area (Å²) in [6.07, 6.45) is 3.93. The highest BCUT2D eigenvalue weighted by molar-refractivity contribution is 5.88. The molecule has 4 nitrogen and oxygen atoms in total. The van der Waals surface area contributed by atoms with Gasteiger partial charge in [0.1, 0.15) is 5.52 Å². The van der Waals surface area contributed by atoms with E-state index in [4.69, 9.17) is 9.52 Å². The molecule has 4 heteroatoms. The van der Waals surface area contributed by atoms with Gasteiger partial charge in [-0.3, -0.25) is 0 Å². The van der Waals surface area contributed by atoms with E-state index >= 15 is 0 Å². The predicted octanol–water partition coefficient (Wildman–Crippen LogP) is 7.03. The summed E-state index contributed by atoms with van der Waals surface area (Å²) in [5.41, 5.74) is 6.99. The molecule has 0 aliphatic rings. The monoisotopic (exact) mass is 417 g/mol. The number of hydrogen-bond donors (Lipinski definition) is 1. The predicted molar refractivity (Wildman–Crippen MR) is 127 cm³/mol. The van der Waals surface area contributed by atoms with Crippen LogP contribution in [-0.2, 0) is 0 Å². The van der Waals surface area contributed by atoms with E-state index in [1.807, 2.05) is 72.8 Å². The van der Waals surface area contributed by atoms with Crippen molar-refractivity contribution in [1.82, 2.24) is 4.98 Å². The summed E-state index contributed by atoms with van der Waals surface area (Å²) in [5, 5.41) is 8.98. The number of aromatic carboxylic acids is 1. The molecule has 1 N–H and O–H groups in total. The van der Waals surface area contributed by atoms with Crippen molar-refractivity contribution >= 4 is 29.2 Å². The van der Waals surface area contributed by atoms with E-state index in [-0.39, 0.29) is 5.56 Å². The number of hydrogen-bond acceptors (Lipinski definition) is 3. The minimum absolute atomic E-state index is 0.278. The molecule has 0 aliphatic carbocycles. The van der Waals surface area contributed by atoms with Crippen LogP contribution in [0, 0.1) is 0 Å². The van der Waals surface area contributed by atoms with E-state index in [2.05, 4.69) is 17.1 Å². The lowest BCUT2D eigenvalue weighted by Crippen LogP contribution is -1.94. The zero-order valence-electron chi connectivity index (χ0n) is 17.1. The third-order valence-corrected chi connectivity index (χ3v) is 5.28. The molecule has 0 saturated heterocycles. The van der Waals surface area contributed by atoms with Gasteiger partial charge >= 0.3 is 5.97 Å². The molecule has 5 aromatic rings. The number of carbonyl (C=O) groups is 1. The summed E-state index contributed by atoms with van der Waals surface area (Å²) in [5.74, 6) is -0.336. The summed E-state index contributed by atoms with van der Waals surface area (Å²) in [7, 11) is 0. The van der Waals surface area contributed by atoms with Gasteiger partial charge in [0.2, 0.25) is 5.89 Å². The van der Waals surface area contributed by atoms with Crippen molar-refractivity contribution in [2.75, 3.05) is 0 Å². The standard InChI is InChI=1S/C28H19NO3/c30-28(31)23-14-10-20(11-15-23)7-6-19-8-12-22(13-9-19)27-29-25-18-24(16-17-26(25)32-27)21-4-2-1-3-5-21/h1-18H,(H,30,31). The lowest BCUT2D eigenvalue weighted by atomic mass is 10.1. The second kappa shape index (κ2) is 8.36. The Morgan fingerprint density at radius 3 is 2.00 bits per heavy atom. The Labute approximate surface area is 185 Å². The van der Waals surface area contributed by atoms with Gasteiger partial charge in [-0.15, -0.1) is 0 Å². The van der Waals surface area contributed by atoms with Crippen molar-refractivity contribution in [1.29, 1.82) is 0 Å². The molecule has 0 bridgehead atoms. The molecule has 0 aliphatic heterocycles. The molecule has 0 amide bonds. The average Bonchev–Trinajstić information content (AvgIpc) is 3.27. The highest BCUT2D eigenvalue weighted by Gasteiger charge is 2.09. The zero-order valence-corrected chi connectivity index (χ0v) is 17.1. The lowest BCUT2D eigenvalue weighted by molar-refractivity contribution is 0.0697. The van der Waals surface area contributed by atoms with Crippen molar-refractivity contribution in [2.24, 2.45) is 0 Å². The Hall–Kier alpha value is -4.44. The maximum Gasteiger partial charge on any atom is 0.335 e. The smallest absolute Gasteiger partial charge is 0.335 e. The van der Waals surface area contributed by atoms with Gasteiger partial charge in [-0.05, 0) is 58.7 Å². The molecule has 154 valence electrons. The molecule has 0 radical (unpaired) electrons. The van der Waals surface area contributed by atoms with Crippen LogP contribution in [0.2, 0.25) is 0 Å². The van der Waals surface area contributed by atoms with Crippen LogP contribution >= 0.6 is 0 Å². The van der Waals surface area contributed by atoms with Crippen LogP contribution in [0.1, 0.15) is 21.5 Å². The Morgan fingerprint density at radius 1 is 0.719 bits per heavy atom. The molecule has 0 atom stereocenters. The molecule has 1 heterocycles. The Morgan fingerprint density at radius 2 is 1.34 bits per heavy atom. The van der Waals surface area contributed by atoms with Crippen LogP contribution in [0.5, 0.6) is 0 Å². The summed E-state index contributed by atoms with van der Waals surface area (Å²) in [4.78, 5) is 15.6. The van der Waals surface area contributed by atoms with Gasteiger partial charge < -0.3 is 9.52 Å². The van der Waals surface area contributed by atoms with Gasteiger partial charge in [0.25, 0.3) is 0 Å². The van der Waals surface area contributed by atoms with E-state index in [0.717, 1.165) is 38.9 Å². The van der Waals surface area contributed by atoms with Crippen molar-refractivity contribution in [3.63, 3.8) is 0 Å². The normalized spacial score (nSPS) is 11.2. The van der Waals surface area contributed by atoms with Crippen LogP contribution in [0.3, 0.4) is 0 Å². The fraction of sp³-hybridized carbons (Fsp3) is 0. The SMILES string of the molecule is O=C(O)c1ccc(C=Cc2ccc(-c3nc4cc(-c5ccccc5)ccc4o3)cc2)cc1. The van der Waals surface area contributed by atoms with Crippen molar-refractivity contribution in [3.05, 3.63) is 114 Å². The first kappa shape index (κ1) is 19.5. The van der Waals surface area contributed by atoms with Gasteiger partial charge in [0, 0.05) is 5.56 Å². The minimum atomic E-state index is -0.924. The van der Waals surface area contributed by atoms with Crippen molar-refractivity contribution < 1.29 is 14.3 Å². The Bertz CT molecular complexity index is 1410. The molecule has 32 heavy (non-hydrogen) atoms. The molecule has 0 unspecified atom stereocenters. The summed E-state index contributed by atoms with van der Waals surface area (Å²) in [6, 6.07) is 31.0. The van der Waals surface area contributed by atoms with Crippen LogP contribution < -0.4 is 0 Å². The average molecular weight is 417 g/mol. The minimum Gasteiger partial charge on any atom is -0.478 e. The largest absolute Gasteiger partial charge is 0.478 e. The van der Waals surface area contributed by atoms with Crippen LogP contribution in [0.25, 0.3) is 45.8 Å². The number of rotatable bonds is 5. The fourth-order valence-corrected chi connectivity index (χ4v) is 3.53. The van der Waals surface area contributed by atoms with E-state index in [0.29, 0.717) is 5.89 Å². The first-order chi connectivity index (χ1) is 15.7. The van der Waals surface area contributed by atoms with Gasteiger partial charge in [-0.1, -0.05) is 72.8 Å². The molecular formula is C28H19NO3. The summed E-state index contributed by atoms with van der Waals surface area (Å²) in [6.45, 7) is 0. The number of fused-ring (bicyclic) bond motifs is 1. The number of carboxylic acid groups (broad SMARTS) is 1. The lowest BCUT2D eigenvalue weighted by Gasteiger charge is -1.99. The van der Waals surface area contributed by atoms with E-state index in [1.54, 1.807) is 24.3 Å². The van der Waals surface area contributed by atoms with Crippen LogP contribution in [0.15, 0.2) is 101 Å². The summed E-state index contributed by atoms with van der Waals surface area (Å²) >= 11 is 0. The molecule has 0 spiro atoms. The van der Waals surface area contributed by atoms with Crippen LogP contribution in [0.4, 0.5) is 0 Å². The third-order valence-electron chi connectivity index (χ3n) is 5.28. The molecule has 1 aromatic heterocycles. The molecule has 5 rings (SSSR count). The molecule has 0 fully saturated rings. The quantitative estimate of drug-likeness (QED) is 0.312. The first-order valence-electron chi connectivity index (χ1n) is 10.2. The number of carboxylic acids is 1. The maximum absolute atomic E-state index is 10.9. The topological polar surface area (TPSA) is 63.3 Å². The highest BCUT2D eigenvalue weighted by atomic mass is 16.4. The molecule has 4 aromatic carbocycles. The summed E-state index contributed by atoms with van der Waals surface area (Å²) < 4.78 is 5.97. The van der Waals surface area contributed by atoms with E-state index in [1.165, 1.54) is 0 Å². The molecule has 0 saturated carbocycles. The fourth-order valence-electron chi connectivity index (χ4n) is 3.53. The second-order valence-electron chi connectivity index (χ2n) is 7.45. The third kappa shape index (κ3) is 4.07. The Balaban J connectivity index is 1.35. The van der Waals surface area contributed by atoms with Gasteiger partial charge in [0.05, 0.1) is 5.56 Å². The first-order valence-corrected chi connectivity index (χ1v) is 10.2. The number of benzene rings is 4. The van der Waals surface area contributed by atoms with Crippen molar-refractivity contribution in [3.8, 4) is 22.6 Å². The highest BCUT2D eigenvalue weighted by Crippen LogP contribution is 2.28. The molecular weight excluding hydrogens is 398 g/mol. The maximum atomic E-state index is 10.9. The Kier molecular flexibility index (Phi) is 5.10.